The van der Waals surface area contributed by atoms with Gasteiger partial charge in [-0.15, -0.1) is 11.8 Å². The second-order valence-corrected chi connectivity index (χ2v) is 7.27. The molecule has 0 amide bonds. The Kier molecular flexibility index (Phi) is 6.75. The Balaban J connectivity index is 2.50. The van der Waals surface area contributed by atoms with E-state index in [0.717, 1.165) is 22.3 Å². The number of hydrogen-bond donors (Lipinski definition) is 1. The number of rotatable bonds is 6. The zero-order chi connectivity index (χ0) is 19.3. The minimum absolute atomic E-state index is 0.309. The van der Waals surface area contributed by atoms with Crippen LogP contribution in [0.4, 0.5) is 13.2 Å². The van der Waals surface area contributed by atoms with Gasteiger partial charge in [0.1, 0.15) is 5.82 Å². The second kappa shape index (κ2) is 8.62. The number of thioether (sulfide) groups is 1. The summed E-state index contributed by atoms with van der Waals surface area (Å²) in [6, 6.07) is 7.76. The molecule has 0 aliphatic rings. The number of alkyl halides is 3. The topological polar surface area (TPSA) is 28.7 Å². The van der Waals surface area contributed by atoms with Gasteiger partial charge in [-0.1, -0.05) is 43.7 Å². The van der Waals surface area contributed by atoms with Gasteiger partial charge in [-0.2, -0.15) is 13.2 Å². The fourth-order valence-electron chi connectivity index (χ4n) is 2.41. The summed E-state index contributed by atoms with van der Waals surface area (Å²) in [5.41, 5.74) is 1.81. The summed E-state index contributed by atoms with van der Waals surface area (Å²) >= 11 is 1.68. The first-order valence-corrected chi connectivity index (χ1v) is 9.49. The molecule has 1 N–H and O–H groups in total. The van der Waals surface area contributed by atoms with E-state index in [0.29, 0.717) is 29.2 Å². The molecule has 0 bridgehead atoms. The van der Waals surface area contributed by atoms with Gasteiger partial charge in [0.15, 0.2) is 0 Å². The number of allylic oxidation sites excluding steroid dienone is 3. The highest BCUT2D eigenvalue weighted by Crippen LogP contribution is 2.33. The second-order valence-electron chi connectivity index (χ2n) is 5.97. The molecule has 2 rings (SSSR count). The Morgan fingerprint density at radius 2 is 1.92 bits per heavy atom. The Labute approximate surface area is 156 Å². The van der Waals surface area contributed by atoms with E-state index in [2.05, 4.69) is 16.9 Å². The van der Waals surface area contributed by atoms with Crippen LogP contribution >= 0.6 is 11.8 Å². The van der Waals surface area contributed by atoms with E-state index in [1.54, 1.807) is 25.6 Å². The molecule has 2 aromatic rings. The number of aromatic amines is 1. The number of imidazole rings is 1. The quantitative estimate of drug-likeness (QED) is 0.441. The van der Waals surface area contributed by atoms with Crippen LogP contribution in [0.1, 0.15) is 38.6 Å². The zero-order valence-corrected chi connectivity index (χ0v) is 16.2. The molecule has 1 aromatic heterocycles. The minimum atomic E-state index is -4.42. The zero-order valence-electron chi connectivity index (χ0n) is 15.4. The van der Waals surface area contributed by atoms with E-state index in [1.807, 2.05) is 31.2 Å². The number of halogens is 3. The number of benzene rings is 1. The lowest BCUT2D eigenvalue weighted by Gasteiger charge is -2.08. The van der Waals surface area contributed by atoms with Gasteiger partial charge in [-0.05, 0) is 38.2 Å². The van der Waals surface area contributed by atoms with Crippen molar-refractivity contribution >= 4 is 17.8 Å². The van der Waals surface area contributed by atoms with Crippen molar-refractivity contribution in [3.63, 3.8) is 0 Å². The smallest absolute Gasteiger partial charge is 0.342 e. The largest absolute Gasteiger partial charge is 0.416 e. The van der Waals surface area contributed by atoms with Gasteiger partial charge in [0, 0.05) is 16.2 Å². The van der Waals surface area contributed by atoms with Crippen molar-refractivity contribution in [3.05, 3.63) is 52.9 Å². The van der Waals surface area contributed by atoms with Crippen molar-refractivity contribution < 1.29 is 13.2 Å². The predicted molar refractivity (Wildman–Crippen MR) is 103 cm³/mol. The molecule has 0 fully saturated rings. The molecule has 0 unspecified atom stereocenters. The SMILES string of the molecule is CCSc1ccccc1-c1nc(/C=C(\C=C(C)CC)C(F)(F)F)c(C)[nH]1. The third-order valence-electron chi connectivity index (χ3n) is 3.94. The van der Waals surface area contributed by atoms with Crippen LogP contribution < -0.4 is 0 Å². The summed E-state index contributed by atoms with van der Waals surface area (Å²) in [6.07, 6.45) is -1.55. The number of aromatic nitrogens is 2. The van der Waals surface area contributed by atoms with E-state index >= 15 is 0 Å². The maximum absolute atomic E-state index is 13.4. The van der Waals surface area contributed by atoms with E-state index in [4.69, 9.17) is 0 Å². The fourth-order valence-corrected chi connectivity index (χ4v) is 3.21. The lowest BCUT2D eigenvalue weighted by atomic mass is 10.1. The third kappa shape index (κ3) is 5.04. The van der Waals surface area contributed by atoms with Gasteiger partial charge < -0.3 is 4.98 Å². The first-order valence-electron chi connectivity index (χ1n) is 8.51. The van der Waals surface area contributed by atoms with Crippen molar-refractivity contribution in [2.45, 2.75) is 45.2 Å². The monoisotopic (exact) mass is 380 g/mol. The molecule has 140 valence electrons. The molecular formula is C20H23F3N2S. The molecule has 6 heteroatoms. The summed E-state index contributed by atoms with van der Waals surface area (Å²) in [5, 5.41) is 0. The number of aryl methyl sites for hydroxylation is 1. The molecular weight excluding hydrogens is 357 g/mol. The summed E-state index contributed by atoms with van der Waals surface area (Å²) in [6.45, 7) is 7.32. The maximum atomic E-state index is 13.4. The molecule has 0 radical (unpaired) electrons. The van der Waals surface area contributed by atoms with Crippen molar-refractivity contribution in [3.8, 4) is 11.4 Å². The minimum Gasteiger partial charge on any atom is -0.342 e. The Hall–Kier alpha value is -1.95. The molecule has 26 heavy (non-hydrogen) atoms. The van der Waals surface area contributed by atoms with Gasteiger partial charge in [0.2, 0.25) is 0 Å². The molecule has 2 nitrogen and oxygen atoms in total. The first kappa shape index (κ1) is 20.4. The molecule has 0 saturated heterocycles. The highest BCUT2D eigenvalue weighted by atomic mass is 32.2. The summed E-state index contributed by atoms with van der Waals surface area (Å²) < 4.78 is 40.1. The van der Waals surface area contributed by atoms with Gasteiger partial charge in [-0.3, -0.25) is 0 Å². The molecule has 0 spiro atoms. The van der Waals surface area contributed by atoms with Gasteiger partial charge in [0.25, 0.3) is 0 Å². The van der Waals surface area contributed by atoms with Crippen LogP contribution in [-0.4, -0.2) is 21.9 Å². The summed E-state index contributed by atoms with van der Waals surface area (Å²) in [7, 11) is 0. The van der Waals surface area contributed by atoms with Crippen LogP contribution in [0, 0.1) is 6.92 Å². The highest BCUT2D eigenvalue weighted by molar-refractivity contribution is 7.99. The molecule has 0 atom stereocenters. The number of hydrogen-bond acceptors (Lipinski definition) is 2. The normalized spacial score (nSPS) is 13.3. The van der Waals surface area contributed by atoms with Gasteiger partial charge in [-0.25, -0.2) is 4.98 Å². The number of nitrogens with zero attached hydrogens (tertiary/aromatic N) is 1. The lowest BCUT2D eigenvalue weighted by molar-refractivity contribution is -0.0873. The van der Waals surface area contributed by atoms with Crippen LogP contribution in [-0.2, 0) is 0 Å². The predicted octanol–water partition coefficient (Wildman–Crippen LogP) is 6.80. The number of H-pyrrole nitrogens is 1. The van der Waals surface area contributed by atoms with Crippen LogP contribution in [0.25, 0.3) is 17.5 Å². The average molecular weight is 380 g/mol. The van der Waals surface area contributed by atoms with Crippen molar-refractivity contribution in [1.29, 1.82) is 0 Å². The molecule has 1 aromatic carbocycles. The van der Waals surface area contributed by atoms with E-state index in [9.17, 15) is 13.2 Å². The van der Waals surface area contributed by atoms with Crippen molar-refractivity contribution in [2.75, 3.05) is 5.75 Å². The van der Waals surface area contributed by atoms with Crippen molar-refractivity contribution in [2.24, 2.45) is 0 Å². The Morgan fingerprint density at radius 1 is 1.23 bits per heavy atom. The van der Waals surface area contributed by atoms with Crippen molar-refractivity contribution in [1.82, 2.24) is 9.97 Å². The van der Waals surface area contributed by atoms with Crippen LogP contribution in [0.5, 0.6) is 0 Å². The first-order chi connectivity index (χ1) is 12.3. The molecule has 0 aliphatic heterocycles. The maximum Gasteiger partial charge on any atom is 0.416 e. The summed E-state index contributed by atoms with van der Waals surface area (Å²) in [5.74, 6) is 1.49. The van der Waals surface area contributed by atoms with E-state index < -0.39 is 11.7 Å². The lowest BCUT2D eigenvalue weighted by Crippen LogP contribution is -2.10. The van der Waals surface area contributed by atoms with Gasteiger partial charge in [0.05, 0.1) is 11.3 Å². The van der Waals surface area contributed by atoms with Crippen LogP contribution in [0.15, 0.2) is 46.4 Å². The Bertz CT molecular complexity index is 817. The van der Waals surface area contributed by atoms with Gasteiger partial charge >= 0.3 is 6.18 Å². The molecule has 0 saturated carbocycles. The van der Waals surface area contributed by atoms with Crippen LogP contribution in [0.3, 0.4) is 0 Å². The standard InChI is InChI=1S/C20H23F3N2S/c1-5-13(3)11-15(20(21,22)23)12-17-14(4)24-19(25-17)16-9-7-8-10-18(16)26-6-2/h7-12H,5-6H2,1-4H3,(H,24,25)/b13-11?,15-12+. The Morgan fingerprint density at radius 3 is 2.54 bits per heavy atom. The highest BCUT2D eigenvalue weighted by Gasteiger charge is 2.32. The number of nitrogens with one attached hydrogen (secondary N) is 1. The molecule has 0 aliphatic carbocycles. The fraction of sp³-hybridized carbons (Fsp3) is 0.350. The van der Waals surface area contributed by atoms with Crippen LogP contribution in [0.2, 0.25) is 0 Å². The summed E-state index contributed by atoms with van der Waals surface area (Å²) in [4.78, 5) is 8.61. The molecule has 1 heterocycles. The van der Waals surface area contributed by atoms with E-state index in [-0.39, 0.29) is 0 Å². The average Bonchev–Trinajstić information content (AvgIpc) is 2.94. The third-order valence-corrected chi connectivity index (χ3v) is 4.90. The van der Waals surface area contributed by atoms with E-state index in [1.165, 1.54) is 6.08 Å².